The van der Waals surface area contributed by atoms with Crippen molar-refractivity contribution in [1.29, 1.82) is 0 Å². The van der Waals surface area contributed by atoms with Gasteiger partial charge in [0.25, 0.3) is 0 Å². The lowest BCUT2D eigenvalue weighted by Crippen LogP contribution is -2.16. The van der Waals surface area contributed by atoms with Gasteiger partial charge >= 0.3 is 5.91 Å². The monoisotopic (exact) mass is 382 g/mol. The molecule has 0 aliphatic heterocycles. The molecule has 3 aromatic rings. The normalized spacial score (nSPS) is 11.6. The number of carbonyl (C=O) groups excluding carboxylic acids is 1. The number of rotatable bonds is 6. The van der Waals surface area contributed by atoms with Crippen LogP contribution in [0.3, 0.4) is 0 Å². The average Bonchev–Trinajstić information content (AvgIpc) is 3.10. The Labute approximate surface area is 157 Å². The van der Waals surface area contributed by atoms with Gasteiger partial charge < -0.3 is 4.42 Å². The van der Waals surface area contributed by atoms with Crippen molar-refractivity contribution < 1.29 is 17.6 Å². The maximum absolute atomic E-state index is 12.4. The lowest BCUT2D eigenvalue weighted by Gasteiger charge is -2.02. The fraction of sp³-hybridized carbons (Fsp3) is 0.100. The van der Waals surface area contributed by atoms with Crippen LogP contribution in [0.1, 0.15) is 27.4 Å². The Hall–Kier alpha value is -3.19. The first-order valence-electron chi connectivity index (χ1n) is 8.21. The molecule has 3 rings (SSSR count). The molecule has 0 aliphatic carbocycles. The van der Waals surface area contributed by atoms with Crippen molar-refractivity contribution in [2.75, 3.05) is 0 Å². The van der Waals surface area contributed by atoms with E-state index >= 15 is 0 Å². The first-order valence-corrected chi connectivity index (χ1v) is 9.86. The predicted octanol–water partition coefficient (Wildman–Crippen LogP) is 3.33. The molecule has 7 heteroatoms. The molecule has 1 heterocycles. The quantitative estimate of drug-likeness (QED) is 0.523. The van der Waals surface area contributed by atoms with Crippen LogP contribution in [-0.2, 0) is 15.6 Å². The smallest absolute Gasteiger partial charge is 0.307 e. The number of carbonyl (C=O) groups is 1. The second-order valence-corrected chi connectivity index (χ2v) is 7.94. The third kappa shape index (κ3) is 4.92. The lowest BCUT2D eigenvalue weighted by molar-refractivity contribution is 0.0926. The Bertz CT molecular complexity index is 1070. The lowest BCUT2D eigenvalue weighted by atomic mass is 10.2. The second-order valence-electron chi connectivity index (χ2n) is 5.95. The summed E-state index contributed by atoms with van der Waals surface area (Å²) in [7, 11) is -3.54. The Kier molecular flexibility index (Phi) is 5.52. The molecule has 0 atom stereocenters. The highest BCUT2D eigenvalue weighted by atomic mass is 32.2. The van der Waals surface area contributed by atoms with Gasteiger partial charge in [0, 0.05) is 0 Å². The van der Waals surface area contributed by atoms with Gasteiger partial charge in [-0.3, -0.25) is 4.79 Å². The molecule has 0 spiro atoms. The molecule has 6 nitrogen and oxygen atoms in total. The molecule has 0 saturated carbocycles. The summed E-state index contributed by atoms with van der Waals surface area (Å²) in [5.74, 6) is -0.694. The van der Waals surface area contributed by atoms with Crippen LogP contribution in [0.2, 0.25) is 0 Å². The summed E-state index contributed by atoms with van der Waals surface area (Å²) in [6, 6.07) is 18.6. The van der Waals surface area contributed by atoms with E-state index in [4.69, 9.17) is 4.42 Å². The fourth-order valence-corrected chi connectivity index (χ4v) is 3.72. The molecule has 0 saturated heterocycles. The van der Waals surface area contributed by atoms with E-state index in [1.165, 1.54) is 30.5 Å². The Morgan fingerprint density at radius 3 is 2.59 bits per heavy atom. The van der Waals surface area contributed by atoms with E-state index in [0.29, 0.717) is 0 Å². The minimum absolute atomic E-state index is 0.00495. The molecule has 138 valence electrons. The van der Waals surface area contributed by atoms with Crippen molar-refractivity contribution in [3.05, 3.63) is 89.4 Å². The molecule has 27 heavy (non-hydrogen) atoms. The van der Waals surface area contributed by atoms with Crippen molar-refractivity contribution in [2.45, 2.75) is 17.6 Å². The van der Waals surface area contributed by atoms with Crippen LogP contribution in [0.4, 0.5) is 0 Å². The first-order chi connectivity index (χ1) is 12.9. The zero-order valence-electron chi connectivity index (χ0n) is 14.6. The van der Waals surface area contributed by atoms with Gasteiger partial charge in [-0.05, 0) is 36.8 Å². The number of nitrogens with one attached hydrogen (secondary N) is 1. The molecule has 1 aromatic heterocycles. The molecule has 0 fully saturated rings. The molecule has 0 bridgehead atoms. The van der Waals surface area contributed by atoms with E-state index in [9.17, 15) is 13.2 Å². The topological polar surface area (TPSA) is 88.7 Å². The van der Waals surface area contributed by atoms with Gasteiger partial charge in [-0.15, -0.1) is 0 Å². The fourth-order valence-electron chi connectivity index (χ4n) is 2.45. The van der Waals surface area contributed by atoms with E-state index in [1.807, 2.05) is 31.2 Å². The van der Waals surface area contributed by atoms with Crippen molar-refractivity contribution in [3.8, 4) is 0 Å². The zero-order valence-corrected chi connectivity index (χ0v) is 15.4. The van der Waals surface area contributed by atoms with Gasteiger partial charge in [-0.25, -0.2) is 13.8 Å². The van der Waals surface area contributed by atoms with Crippen LogP contribution in [0, 0.1) is 6.92 Å². The van der Waals surface area contributed by atoms with Crippen molar-refractivity contribution in [3.63, 3.8) is 0 Å². The maximum Gasteiger partial charge on any atom is 0.307 e. The number of amides is 1. The Balaban J connectivity index is 1.64. The van der Waals surface area contributed by atoms with Crippen molar-refractivity contribution >= 4 is 22.0 Å². The number of benzene rings is 2. The highest BCUT2D eigenvalue weighted by Gasteiger charge is 2.19. The van der Waals surface area contributed by atoms with E-state index in [-0.39, 0.29) is 22.2 Å². The molecular weight excluding hydrogens is 364 g/mol. The van der Waals surface area contributed by atoms with Crippen molar-refractivity contribution in [1.82, 2.24) is 5.43 Å². The molecule has 0 aliphatic rings. The minimum Gasteiger partial charge on any atom is -0.455 e. The van der Waals surface area contributed by atoms with E-state index in [2.05, 4.69) is 10.5 Å². The summed E-state index contributed by atoms with van der Waals surface area (Å²) in [5, 5.41) is 3.89. The van der Waals surface area contributed by atoms with Gasteiger partial charge in [-0.1, -0.05) is 48.0 Å². The Morgan fingerprint density at radius 2 is 1.85 bits per heavy atom. The maximum atomic E-state index is 12.4. The van der Waals surface area contributed by atoms with Gasteiger partial charge in [0.2, 0.25) is 0 Å². The highest BCUT2D eigenvalue weighted by molar-refractivity contribution is 7.90. The summed E-state index contributed by atoms with van der Waals surface area (Å²) in [6.45, 7) is 1.96. The number of hydrogen-bond acceptors (Lipinski definition) is 5. The minimum atomic E-state index is -3.54. The average molecular weight is 382 g/mol. The highest BCUT2D eigenvalue weighted by Crippen LogP contribution is 2.18. The summed E-state index contributed by atoms with van der Waals surface area (Å²) < 4.78 is 30.1. The van der Waals surface area contributed by atoms with E-state index in [0.717, 1.165) is 11.1 Å². The Morgan fingerprint density at radius 1 is 1.07 bits per heavy atom. The van der Waals surface area contributed by atoms with Gasteiger partial charge in [0.1, 0.15) is 11.5 Å². The van der Waals surface area contributed by atoms with Crippen LogP contribution < -0.4 is 5.43 Å². The largest absolute Gasteiger partial charge is 0.455 e. The van der Waals surface area contributed by atoms with E-state index in [1.54, 1.807) is 18.2 Å². The standard InChI is InChI=1S/C20H18N2O4S/c1-15-6-5-7-16(12-15)13-21-22-20(23)19-11-10-17(26-19)14-27(24,25)18-8-3-2-4-9-18/h2-13H,14H2,1H3,(H,22,23)/b21-13-. The molecule has 1 amide bonds. The number of hydrazone groups is 1. The van der Waals surface area contributed by atoms with Crippen LogP contribution in [-0.4, -0.2) is 20.5 Å². The summed E-state index contributed by atoms with van der Waals surface area (Å²) in [4.78, 5) is 12.3. The zero-order chi connectivity index (χ0) is 19.3. The second kappa shape index (κ2) is 8.01. The number of hydrogen-bond donors (Lipinski definition) is 1. The molecule has 0 radical (unpaired) electrons. The van der Waals surface area contributed by atoms with Crippen LogP contribution in [0.5, 0.6) is 0 Å². The predicted molar refractivity (Wildman–Crippen MR) is 102 cm³/mol. The molecule has 2 aromatic carbocycles. The summed E-state index contributed by atoms with van der Waals surface area (Å²) >= 11 is 0. The van der Waals surface area contributed by atoms with Crippen LogP contribution in [0.15, 0.2) is 81.1 Å². The molecule has 1 N–H and O–H groups in total. The van der Waals surface area contributed by atoms with Gasteiger partial charge in [0.15, 0.2) is 15.6 Å². The number of furan rings is 1. The first kappa shape index (κ1) is 18.6. The summed E-state index contributed by atoms with van der Waals surface area (Å²) in [5.41, 5.74) is 4.30. The van der Waals surface area contributed by atoms with Crippen LogP contribution >= 0.6 is 0 Å². The van der Waals surface area contributed by atoms with Crippen LogP contribution in [0.25, 0.3) is 0 Å². The summed E-state index contributed by atoms with van der Waals surface area (Å²) in [6.07, 6.45) is 1.52. The van der Waals surface area contributed by atoms with E-state index < -0.39 is 15.7 Å². The third-order valence-electron chi connectivity index (χ3n) is 3.74. The van der Waals surface area contributed by atoms with Crippen molar-refractivity contribution in [2.24, 2.45) is 5.10 Å². The molecular formula is C20H18N2O4S. The number of aryl methyl sites for hydroxylation is 1. The number of nitrogens with zero attached hydrogens (tertiary/aromatic N) is 1. The third-order valence-corrected chi connectivity index (χ3v) is 5.40. The molecule has 0 unspecified atom stereocenters. The van der Waals surface area contributed by atoms with Gasteiger partial charge in [0.05, 0.1) is 11.1 Å². The number of sulfone groups is 1. The SMILES string of the molecule is Cc1cccc(/C=N\NC(=O)c2ccc(CS(=O)(=O)c3ccccc3)o2)c1. The van der Waals surface area contributed by atoms with Gasteiger partial charge in [-0.2, -0.15) is 5.10 Å².